The van der Waals surface area contributed by atoms with Crippen LogP contribution in [0.5, 0.6) is 0 Å². The van der Waals surface area contributed by atoms with Crippen molar-refractivity contribution in [3.63, 3.8) is 0 Å². The third-order valence-electron chi connectivity index (χ3n) is 0.816. The topological polar surface area (TPSA) is 0 Å². The Kier molecular flexibility index (Phi) is 149. The van der Waals surface area contributed by atoms with Gasteiger partial charge in [-0.25, -0.2) is 0 Å². The van der Waals surface area contributed by atoms with Crippen molar-refractivity contribution in [1.82, 2.24) is 0 Å². The summed E-state index contributed by atoms with van der Waals surface area (Å²) in [5.74, 6) is 0.884. The van der Waals surface area contributed by atoms with E-state index in [9.17, 15) is 0 Å². The average molecular weight is 256 g/mol. The molecule has 0 aromatic heterocycles. The Morgan fingerprint density at radius 1 is 0.714 bits per heavy atom. The van der Waals surface area contributed by atoms with Gasteiger partial charge in [-0.3, -0.25) is 0 Å². The van der Waals surface area contributed by atoms with E-state index in [0.29, 0.717) is 0 Å². The average Bonchev–Trinajstić information content (AvgIpc) is 2.13. The molecule has 0 aromatic carbocycles. The Balaban J connectivity index is -0.0000000159. The molecule has 0 aliphatic heterocycles. The fourth-order valence-electron chi connectivity index (χ4n) is 0. The zero-order valence-electron chi connectivity index (χ0n) is 11.7. The molecule has 0 radical (unpaired) electrons. The summed E-state index contributed by atoms with van der Waals surface area (Å²) in [4.78, 5) is 0. The standard InChI is InChI=1S/C5H12.C3H8.2C2H6.2Ar/c1-4-5(2)3;1-3-2;2*1-2;;/h5H,4H2,1-3H3;3H2,1-2H3;2*1-2H3;;. The van der Waals surface area contributed by atoms with Crippen LogP contribution in [0, 0.1) is 81.4 Å². The summed E-state index contributed by atoms with van der Waals surface area (Å²) in [5.41, 5.74) is 0. The molecule has 0 atom stereocenters. The van der Waals surface area contributed by atoms with E-state index >= 15 is 0 Å². The molecule has 14 heavy (non-hydrogen) atoms. The van der Waals surface area contributed by atoms with Gasteiger partial charge in [-0.1, -0.05) is 75.2 Å². The zero-order chi connectivity index (χ0) is 11.0. The van der Waals surface area contributed by atoms with Gasteiger partial charge in [0.2, 0.25) is 0 Å². The molecule has 0 saturated carbocycles. The molecule has 0 amide bonds. The van der Waals surface area contributed by atoms with Crippen molar-refractivity contribution in [1.29, 1.82) is 0 Å². The van der Waals surface area contributed by atoms with Gasteiger partial charge in [0, 0.05) is 75.5 Å². The summed E-state index contributed by atoms with van der Waals surface area (Å²) in [6.45, 7) is 18.9. The summed E-state index contributed by atoms with van der Waals surface area (Å²) in [5, 5.41) is 0. The number of rotatable bonds is 1. The minimum Gasteiger partial charge on any atom is -0.0683 e. The largest absolute Gasteiger partial charge is 0.0683 e. The summed E-state index contributed by atoms with van der Waals surface area (Å²) in [6, 6.07) is 0. The molecule has 0 bridgehead atoms. The maximum Gasteiger partial charge on any atom is 0 e. The van der Waals surface area contributed by atoms with Gasteiger partial charge in [0.25, 0.3) is 0 Å². The Morgan fingerprint density at radius 3 is 0.786 bits per heavy atom. The molecule has 0 fully saturated rings. The predicted molar refractivity (Wildman–Crippen MR) is 63.8 cm³/mol. The molecule has 0 N–H and O–H groups in total. The number of hydrogen-bond acceptors (Lipinski definition) is 0. The third kappa shape index (κ3) is 130. The van der Waals surface area contributed by atoms with Gasteiger partial charge < -0.3 is 0 Å². The Bertz CT molecular complexity index is 29.5. The van der Waals surface area contributed by atoms with Gasteiger partial charge in [0.05, 0.1) is 0 Å². The first kappa shape index (κ1) is 36.0. The maximum atomic E-state index is 2.22. The molecule has 0 rings (SSSR count). The van der Waals surface area contributed by atoms with Crippen molar-refractivity contribution in [3.8, 4) is 0 Å². The van der Waals surface area contributed by atoms with Gasteiger partial charge in [-0.05, 0) is 5.92 Å². The summed E-state index contributed by atoms with van der Waals surface area (Å²) >= 11 is 0. The first-order valence-corrected chi connectivity index (χ1v) is 5.68. The van der Waals surface area contributed by atoms with Crippen LogP contribution in [0.4, 0.5) is 0 Å². The van der Waals surface area contributed by atoms with E-state index < -0.39 is 0 Å². The maximum absolute atomic E-state index is 2.22. The quantitative estimate of drug-likeness (QED) is 0.579. The van der Waals surface area contributed by atoms with E-state index in [1.165, 1.54) is 12.8 Å². The van der Waals surface area contributed by atoms with Crippen LogP contribution in [-0.2, 0) is 0 Å². The van der Waals surface area contributed by atoms with Crippen molar-refractivity contribution >= 4 is 0 Å². The molecule has 0 unspecified atom stereocenters. The van der Waals surface area contributed by atoms with E-state index in [1.807, 2.05) is 27.7 Å². The van der Waals surface area contributed by atoms with E-state index in [1.54, 1.807) is 0 Å². The summed E-state index contributed by atoms with van der Waals surface area (Å²) in [7, 11) is 0. The van der Waals surface area contributed by atoms with Crippen LogP contribution < -0.4 is 0 Å². The van der Waals surface area contributed by atoms with Crippen molar-refractivity contribution in [2.75, 3.05) is 0 Å². The van der Waals surface area contributed by atoms with E-state index in [4.69, 9.17) is 0 Å². The zero-order valence-corrected chi connectivity index (χ0v) is 13.1. The molecule has 96 valence electrons. The Labute approximate surface area is 154 Å². The van der Waals surface area contributed by atoms with Crippen LogP contribution in [0.15, 0.2) is 0 Å². The Hall–Kier alpha value is 2.52. The number of hydrogen-bond donors (Lipinski definition) is 0. The van der Waals surface area contributed by atoms with Crippen LogP contribution >= 0.6 is 0 Å². The second-order valence-corrected chi connectivity index (χ2v) is 2.51. The Morgan fingerprint density at radius 2 is 0.786 bits per heavy atom. The van der Waals surface area contributed by atoms with E-state index in [-0.39, 0.29) is 75.5 Å². The van der Waals surface area contributed by atoms with Gasteiger partial charge in [0.15, 0.2) is 0 Å². The third-order valence-corrected chi connectivity index (χ3v) is 0.816. The second-order valence-electron chi connectivity index (χ2n) is 2.51. The second kappa shape index (κ2) is 57.9. The molecule has 0 aliphatic carbocycles. The van der Waals surface area contributed by atoms with Crippen LogP contribution in [0.2, 0.25) is 0 Å². The fourth-order valence-corrected chi connectivity index (χ4v) is 0. The van der Waals surface area contributed by atoms with Crippen molar-refractivity contribution in [2.45, 2.75) is 75.2 Å². The van der Waals surface area contributed by atoms with Gasteiger partial charge >= 0.3 is 0 Å². The minimum absolute atomic E-state index is 0. The molecule has 0 aliphatic rings. The molecule has 0 aromatic rings. The van der Waals surface area contributed by atoms with Crippen LogP contribution in [0.3, 0.4) is 0 Å². The van der Waals surface area contributed by atoms with Gasteiger partial charge in [-0.15, -0.1) is 0 Å². The predicted octanol–water partition coefficient (Wildman–Crippen LogP) is 5.52. The normalized spacial score (nSPS) is 5.57. The fraction of sp³-hybridized carbons (Fsp3) is 1.00. The minimum atomic E-state index is 0. The summed E-state index contributed by atoms with van der Waals surface area (Å²) in [6.07, 6.45) is 2.56. The molecule has 0 spiro atoms. The molecular formula is C12H32Ar2. The monoisotopic (exact) mass is 256 g/mol. The molecule has 2 heteroatoms. The van der Waals surface area contributed by atoms with E-state index in [0.717, 1.165) is 5.92 Å². The van der Waals surface area contributed by atoms with Crippen LogP contribution in [0.1, 0.15) is 75.2 Å². The van der Waals surface area contributed by atoms with Crippen molar-refractivity contribution in [3.05, 3.63) is 0 Å². The van der Waals surface area contributed by atoms with Crippen molar-refractivity contribution < 1.29 is 75.5 Å². The smallest absolute Gasteiger partial charge is 0 e. The van der Waals surface area contributed by atoms with Crippen LogP contribution in [0.25, 0.3) is 0 Å². The van der Waals surface area contributed by atoms with E-state index in [2.05, 4.69) is 34.6 Å². The SMILES string of the molecule is CC.CC.CCC.CCC(C)C.[Ar].[Ar]. The first-order valence-electron chi connectivity index (χ1n) is 5.68. The molecular weight excluding hydrogens is 224 g/mol. The molecule has 0 saturated heterocycles. The first-order chi connectivity index (χ1) is 5.68. The molecule has 0 heterocycles. The van der Waals surface area contributed by atoms with Gasteiger partial charge in [-0.2, -0.15) is 0 Å². The van der Waals surface area contributed by atoms with Crippen molar-refractivity contribution in [2.24, 2.45) is 5.92 Å². The summed E-state index contributed by atoms with van der Waals surface area (Å²) < 4.78 is 0. The van der Waals surface area contributed by atoms with Gasteiger partial charge in [0.1, 0.15) is 0 Å². The van der Waals surface area contributed by atoms with Crippen LogP contribution in [-0.4, -0.2) is 0 Å². The molecule has 0 nitrogen and oxygen atoms in total.